The first kappa shape index (κ1) is 13.6. The largest absolute Gasteiger partial charge is 0.0620 e. The fourth-order valence-electron chi connectivity index (χ4n) is 2.06. The van der Waals surface area contributed by atoms with Gasteiger partial charge in [-0.1, -0.05) is 42.8 Å². The lowest BCUT2D eigenvalue weighted by atomic mass is 10.0. The second-order valence-electron chi connectivity index (χ2n) is 4.57. The molecule has 0 nitrogen and oxygen atoms in total. The lowest BCUT2D eigenvalue weighted by Gasteiger charge is -2.03. The highest BCUT2D eigenvalue weighted by Crippen LogP contribution is 2.11. The fourth-order valence-corrected chi connectivity index (χ4v) is 2.42. The summed E-state index contributed by atoms with van der Waals surface area (Å²) in [5, 5.41) is 0. The first-order chi connectivity index (χ1) is 8.84. The van der Waals surface area contributed by atoms with E-state index in [4.69, 9.17) is 0 Å². The van der Waals surface area contributed by atoms with Gasteiger partial charge in [-0.15, -0.1) is 0 Å². The van der Waals surface area contributed by atoms with E-state index in [0.717, 1.165) is 6.42 Å². The average Bonchev–Trinajstić information content (AvgIpc) is 2.42. The quantitative estimate of drug-likeness (QED) is 0.506. The molecule has 0 aliphatic rings. The van der Waals surface area contributed by atoms with Crippen LogP contribution in [-0.2, 0) is 12.8 Å². The normalized spacial score (nSPS) is 10.5. The van der Waals surface area contributed by atoms with Crippen molar-refractivity contribution in [1.82, 2.24) is 0 Å². The number of unbranched alkanes of at least 4 members (excludes halogenated alkanes) is 2. The predicted molar refractivity (Wildman–Crippen MR) is 85.7 cm³/mol. The van der Waals surface area contributed by atoms with Crippen LogP contribution in [0.15, 0.2) is 48.5 Å². The van der Waals surface area contributed by atoms with Crippen LogP contribution in [0.5, 0.6) is 0 Å². The highest BCUT2D eigenvalue weighted by molar-refractivity contribution is 14.1. The molecule has 1 radical (unpaired) electrons. The van der Waals surface area contributed by atoms with Gasteiger partial charge in [0.15, 0.2) is 0 Å². The van der Waals surface area contributed by atoms with E-state index in [-0.39, 0.29) is 0 Å². The maximum absolute atomic E-state index is 3.28. The van der Waals surface area contributed by atoms with E-state index in [9.17, 15) is 0 Å². The molecule has 0 aromatic heterocycles. The van der Waals surface area contributed by atoms with Crippen molar-refractivity contribution in [3.63, 3.8) is 0 Å². The minimum Gasteiger partial charge on any atom is -0.0620 e. The number of benzene rings is 2. The summed E-state index contributed by atoms with van der Waals surface area (Å²) >= 11 is 2.35. The van der Waals surface area contributed by atoms with Crippen molar-refractivity contribution in [1.29, 1.82) is 0 Å². The summed E-state index contributed by atoms with van der Waals surface area (Å²) in [6, 6.07) is 20.4. The van der Waals surface area contributed by atoms with Crippen LogP contribution in [-0.4, -0.2) is 0 Å². The summed E-state index contributed by atoms with van der Waals surface area (Å²) in [7, 11) is 0. The van der Waals surface area contributed by atoms with Gasteiger partial charge < -0.3 is 0 Å². The van der Waals surface area contributed by atoms with Gasteiger partial charge >= 0.3 is 0 Å². The molecule has 0 unspecified atom stereocenters. The third-order valence-electron chi connectivity index (χ3n) is 3.10. The summed E-state index contributed by atoms with van der Waals surface area (Å²) in [5.74, 6) is 0. The first-order valence-electron chi connectivity index (χ1n) is 6.54. The van der Waals surface area contributed by atoms with E-state index in [1.807, 2.05) is 12.1 Å². The highest BCUT2D eigenvalue weighted by Gasteiger charge is 1.95. The van der Waals surface area contributed by atoms with Crippen molar-refractivity contribution in [2.75, 3.05) is 0 Å². The molecule has 0 saturated carbocycles. The Hall–Kier alpha value is -0.830. The van der Waals surface area contributed by atoms with Crippen molar-refractivity contribution in [2.24, 2.45) is 0 Å². The zero-order chi connectivity index (χ0) is 12.6. The van der Waals surface area contributed by atoms with Gasteiger partial charge in [0.05, 0.1) is 0 Å². The van der Waals surface area contributed by atoms with Crippen LogP contribution < -0.4 is 0 Å². The lowest BCUT2D eigenvalue weighted by Crippen LogP contribution is -1.89. The zero-order valence-electron chi connectivity index (χ0n) is 10.5. The molecular formula is C17H18I. The van der Waals surface area contributed by atoms with Gasteiger partial charge in [-0.3, -0.25) is 0 Å². The SMILES string of the molecule is Ic1ccc(CCCCCc2[c]cccc2)cc1. The standard InChI is InChI=1S/C17H18I/c18-17-13-11-16(12-14-17)10-6-2-5-9-15-7-3-1-4-8-15/h1,3-4,7,11-14H,2,5-6,9-10H2. The molecule has 1 heteroatoms. The van der Waals surface area contributed by atoms with E-state index in [1.165, 1.54) is 40.4 Å². The maximum Gasteiger partial charge on any atom is 0.0130 e. The van der Waals surface area contributed by atoms with Crippen LogP contribution in [0, 0.1) is 9.64 Å². The minimum atomic E-state index is 1.16. The van der Waals surface area contributed by atoms with Gasteiger partial charge in [0.2, 0.25) is 0 Å². The molecule has 0 amide bonds. The Bertz CT molecular complexity index is 445. The smallest absolute Gasteiger partial charge is 0.0130 e. The Labute approximate surface area is 124 Å². The van der Waals surface area contributed by atoms with E-state index in [2.05, 4.69) is 65.1 Å². The van der Waals surface area contributed by atoms with Crippen molar-refractivity contribution < 1.29 is 0 Å². The first-order valence-corrected chi connectivity index (χ1v) is 7.62. The lowest BCUT2D eigenvalue weighted by molar-refractivity contribution is 0.678. The Morgan fingerprint density at radius 2 is 1.61 bits per heavy atom. The third-order valence-corrected chi connectivity index (χ3v) is 3.82. The van der Waals surface area contributed by atoms with Gasteiger partial charge in [0.25, 0.3) is 0 Å². The molecule has 0 aliphatic heterocycles. The van der Waals surface area contributed by atoms with Crippen molar-refractivity contribution >= 4 is 22.6 Å². The minimum absolute atomic E-state index is 1.16. The summed E-state index contributed by atoms with van der Waals surface area (Å²) in [4.78, 5) is 0. The van der Waals surface area contributed by atoms with Crippen LogP contribution in [0.4, 0.5) is 0 Å². The van der Waals surface area contributed by atoms with Crippen molar-refractivity contribution in [3.8, 4) is 0 Å². The molecule has 2 rings (SSSR count). The van der Waals surface area contributed by atoms with Gasteiger partial charge in [-0.2, -0.15) is 0 Å². The molecule has 0 saturated heterocycles. The Morgan fingerprint density at radius 3 is 2.33 bits per heavy atom. The van der Waals surface area contributed by atoms with E-state index < -0.39 is 0 Å². The number of halogens is 1. The molecule has 0 bridgehead atoms. The number of aryl methyl sites for hydroxylation is 2. The number of hydrogen-bond donors (Lipinski definition) is 0. The second-order valence-corrected chi connectivity index (χ2v) is 5.82. The summed E-state index contributed by atoms with van der Waals surface area (Å²) in [6.45, 7) is 0. The maximum atomic E-state index is 3.28. The molecule has 0 aliphatic carbocycles. The molecule has 93 valence electrons. The van der Waals surface area contributed by atoms with Crippen LogP contribution in [0.1, 0.15) is 30.4 Å². The second kappa shape index (κ2) is 7.57. The third kappa shape index (κ3) is 4.81. The number of hydrogen-bond acceptors (Lipinski definition) is 0. The fraction of sp³-hybridized carbons (Fsp3) is 0.294. The molecule has 18 heavy (non-hydrogen) atoms. The summed E-state index contributed by atoms with van der Waals surface area (Å²) in [6.07, 6.45) is 6.22. The zero-order valence-corrected chi connectivity index (χ0v) is 12.7. The van der Waals surface area contributed by atoms with Crippen LogP contribution >= 0.6 is 22.6 Å². The van der Waals surface area contributed by atoms with Gasteiger partial charge in [-0.05, 0) is 77.6 Å². The molecule has 0 N–H and O–H groups in total. The Morgan fingerprint density at radius 1 is 0.833 bits per heavy atom. The monoisotopic (exact) mass is 349 g/mol. The van der Waals surface area contributed by atoms with Crippen molar-refractivity contribution in [3.05, 3.63) is 69.3 Å². The van der Waals surface area contributed by atoms with Crippen molar-refractivity contribution in [2.45, 2.75) is 32.1 Å². The number of rotatable bonds is 6. The van der Waals surface area contributed by atoms with Crippen LogP contribution in [0.2, 0.25) is 0 Å². The molecule has 0 atom stereocenters. The van der Waals surface area contributed by atoms with Crippen LogP contribution in [0.3, 0.4) is 0 Å². The molecule has 2 aromatic rings. The summed E-state index contributed by atoms with van der Waals surface area (Å²) < 4.78 is 1.32. The van der Waals surface area contributed by atoms with Crippen LogP contribution in [0.25, 0.3) is 0 Å². The molecule has 0 heterocycles. The van der Waals surface area contributed by atoms with Gasteiger partial charge in [0, 0.05) is 3.57 Å². The van der Waals surface area contributed by atoms with E-state index in [1.54, 1.807) is 0 Å². The van der Waals surface area contributed by atoms with E-state index in [0.29, 0.717) is 0 Å². The topological polar surface area (TPSA) is 0 Å². The Balaban J connectivity index is 1.63. The molecule has 0 fully saturated rings. The average molecular weight is 349 g/mol. The molecule has 0 spiro atoms. The van der Waals surface area contributed by atoms with Gasteiger partial charge in [-0.25, -0.2) is 0 Å². The highest BCUT2D eigenvalue weighted by atomic mass is 127. The van der Waals surface area contributed by atoms with E-state index >= 15 is 0 Å². The van der Waals surface area contributed by atoms with Gasteiger partial charge in [0.1, 0.15) is 0 Å². The summed E-state index contributed by atoms with van der Waals surface area (Å²) in [5.41, 5.74) is 2.80. The molecular weight excluding hydrogens is 331 g/mol. The predicted octanol–water partition coefficient (Wildman–Crippen LogP) is 5.05. The Kier molecular flexibility index (Phi) is 5.72. The molecule has 2 aromatic carbocycles.